The fourth-order valence-corrected chi connectivity index (χ4v) is 1.86. The van der Waals surface area contributed by atoms with Gasteiger partial charge in [0.25, 0.3) is 0 Å². The van der Waals surface area contributed by atoms with Crippen molar-refractivity contribution >= 4 is 17.1 Å². The number of benzene rings is 1. The molecule has 0 saturated carbocycles. The Morgan fingerprint density at radius 1 is 1.33 bits per heavy atom. The molecular formula is C13H15N2O3+. The SMILES string of the molecule is CC1=CC=C/C(=[N+](\O)c2c(O)cccc2NO)C1. The van der Waals surface area contributed by atoms with E-state index in [9.17, 15) is 10.3 Å². The van der Waals surface area contributed by atoms with Crippen molar-refractivity contribution < 1.29 is 20.3 Å². The summed E-state index contributed by atoms with van der Waals surface area (Å²) in [4.78, 5) is 0. The molecule has 1 aromatic rings. The van der Waals surface area contributed by atoms with Crippen LogP contribution in [0.15, 0.2) is 42.0 Å². The largest absolute Gasteiger partial charge is 0.502 e. The lowest BCUT2D eigenvalue weighted by Crippen LogP contribution is -2.14. The predicted octanol–water partition coefficient (Wildman–Crippen LogP) is 2.57. The van der Waals surface area contributed by atoms with Crippen LogP contribution in [0.5, 0.6) is 5.75 Å². The standard InChI is InChI=1S/C13H14N2O3/c1-9-4-2-5-10(8-9)15(18)13-11(14-17)6-3-7-12(13)16/h2-7,14,17H,8H2,1H3,(H-,16,18)/p+1/b15-10+. The van der Waals surface area contributed by atoms with Crippen LogP contribution in [0.4, 0.5) is 11.4 Å². The number of nitrogens with one attached hydrogen (secondary N) is 1. The van der Waals surface area contributed by atoms with Gasteiger partial charge in [0, 0.05) is 10.8 Å². The van der Waals surface area contributed by atoms with Crippen molar-refractivity contribution in [2.24, 2.45) is 0 Å². The molecule has 0 fully saturated rings. The highest BCUT2D eigenvalue weighted by Gasteiger charge is 2.25. The lowest BCUT2D eigenvalue weighted by Gasteiger charge is -2.07. The maximum atomic E-state index is 10.2. The first kappa shape index (κ1) is 12.2. The molecule has 4 N–H and O–H groups in total. The van der Waals surface area contributed by atoms with Gasteiger partial charge in [-0.25, -0.2) is 0 Å². The lowest BCUT2D eigenvalue weighted by atomic mass is 10.0. The zero-order valence-corrected chi connectivity index (χ0v) is 9.96. The molecule has 5 nitrogen and oxygen atoms in total. The highest BCUT2D eigenvalue weighted by Crippen LogP contribution is 2.33. The molecule has 0 amide bonds. The van der Waals surface area contributed by atoms with Gasteiger partial charge >= 0.3 is 5.69 Å². The summed E-state index contributed by atoms with van der Waals surface area (Å²) in [5, 5.41) is 29.0. The van der Waals surface area contributed by atoms with Crippen LogP contribution in [0.25, 0.3) is 0 Å². The maximum Gasteiger partial charge on any atom is 0.324 e. The molecule has 2 rings (SSSR count). The number of anilines is 1. The van der Waals surface area contributed by atoms with Gasteiger partial charge < -0.3 is 5.11 Å². The molecule has 0 unspecified atom stereocenters. The van der Waals surface area contributed by atoms with Gasteiger partial charge in [-0.15, -0.1) is 0 Å². The summed E-state index contributed by atoms with van der Waals surface area (Å²) in [5.41, 5.74) is 4.02. The van der Waals surface area contributed by atoms with Gasteiger partial charge in [-0.3, -0.25) is 15.9 Å². The van der Waals surface area contributed by atoms with E-state index in [4.69, 9.17) is 5.21 Å². The molecule has 0 bridgehead atoms. The third-order valence-corrected chi connectivity index (χ3v) is 2.75. The fourth-order valence-electron chi connectivity index (χ4n) is 1.86. The summed E-state index contributed by atoms with van der Waals surface area (Å²) in [7, 11) is 0. The van der Waals surface area contributed by atoms with E-state index in [1.165, 1.54) is 6.07 Å². The fraction of sp³-hybridized carbons (Fsp3) is 0.154. The summed E-state index contributed by atoms with van der Waals surface area (Å²) >= 11 is 0. The Balaban J connectivity index is 2.52. The highest BCUT2D eigenvalue weighted by atomic mass is 16.5. The Hall–Kier alpha value is -2.27. The number of nitrogens with zero attached hydrogens (tertiary/aromatic N) is 1. The van der Waals surface area contributed by atoms with Gasteiger partial charge in [0.1, 0.15) is 5.69 Å². The zero-order valence-electron chi connectivity index (χ0n) is 9.96. The number of hydrogen-bond donors (Lipinski definition) is 4. The Morgan fingerprint density at radius 2 is 2.11 bits per heavy atom. The smallest absolute Gasteiger partial charge is 0.324 e. The third kappa shape index (κ3) is 2.21. The van der Waals surface area contributed by atoms with Gasteiger partial charge in [-0.1, -0.05) is 23.8 Å². The average molecular weight is 247 g/mol. The van der Waals surface area contributed by atoms with Crippen molar-refractivity contribution in [1.29, 1.82) is 0 Å². The number of phenols is 1. The molecule has 94 valence electrons. The second kappa shape index (κ2) is 4.93. The van der Waals surface area contributed by atoms with Crippen molar-refractivity contribution in [3.05, 3.63) is 42.0 Å². The topological polar surface area (TPSA) is 75.7 Å². The van der Waals surface area contributed by atoms with Crippen LogP contribution in [0.2, 0.25) is 0 Å². The molecule has 1 aliphatic carbocycles. The minimum absolute atomic E-state index is 0.120. The van der Waals surface area contributed by atoms with Gasteiger partial charge in [0.05, 0.1) is 6.42 Å². The van der Waals surface area contributed by atoms with E-state index < -0.39 is 0 Å². The summed E-state index contributed by atoms with van der Waals surface area (Å²) in [6.45, 7) is 1.95. The van der Waals surface area contributed by atoms with Crippen molar-refractivity contribution in [3.8, 4) is 5.75 Å². The Morgan fingerprint density at radius 3 is 2.78 bits per heavy atom. The molecule has 1 aromatic carbocycles. The monoisotopic (exact) mass is 247 g/mol. The Bertz CT molecular complexity index is 559. The van der Waals surface area contributed by atoms with Crippen LogP contribution in [-0.4, -0.2) is 26.0 Å². The molecule has 0 atom stereocenters. The van der Waals surface area contributed by atoms with Crippen LogP contribution in [0.3, 0.4) is 0 Å². The summed E-state index contributed by atoms with van der Waals surface area (Å²) in [6, 6.07) is 4.56. The normalized spacial score (nSPS) is 17.3. The minimum atomic E-state index is -0.121. The Kier molecular flexibility index (Phi) is 3.34. The highest BCUT2D eigenvalue weighted by molar-refractivity contribution is 5.95. The minimum Gasteiger partial charge on any atom is -0.502 e. The van der Waals surface area contributed by atoms with E-state index in [1.54, 1.807) is 18.2 Å². The van der Waals surface area contributed by atoms with E-state index in [2.05, 4.69) is 0 Å². The van der Waals surface area contributed by atoms with Gasteiger partial charge in [-0.05, 0) is 19.1 Å². The van der Waals surface area contributed by atoms with Crippen LogP contribution >= 0.6 is 0 Å². The van der Waals surface area contributed by atoms with Crippen LogP contribution in [0, 0.1) is 0 Å². The maximum absolute atomic E-state index is 10.2. The van der Waals surface area contributed by atoms with Gasteiger partial charge in [0.2, 0.25) is 5.71 Å². The lowest BCUT2D eigenvalue weighted by molar-refractivity contribution is -0.712. The number of phenolic OH excluding ortho intramolecular Hbond substituents is 1. The molecule has 18 heavy (non-hydrogen) atoms. The van der Waals surface area contributed by atoms with E-state index in [0.29, 0.717) is 12.1 Å². The molecule has 5 heteroatoms. The van der Waals surface area contributed by atoms with Crippen LogP contribution in [-0.2, 0) is 0 Å². The van der Waals surface area contributed by atoms with Crippen LogP contribution in [0.1, 0.15) is 13.3 Å². The van der Waals surface area contributed by atoms with Crippen molar-refractivity contribution in [1.82, 2.24) is 0 Å². The van der Waals surface area contributed by atoms with Crippen molar-refractivity contribution in [3.63, 3.8) is 0 Å². The van der Waals surface area contributed by atoms with E-state index in [0.717, 1.165) is 10.3 Å². The molecule has 0 heterocycles. The number of rotatable bonds is 2. The van der Waals surface area contributed by atoms with Crippen molar-refractivity contribution in [2.75, 3.05) is 5.48 Å². The summed E-state index contributed by atoms with van der Waals surface area (Å²) < 4.78 is 0.876. The first-order valence-corrected chi connectivity index (χ1v) is 5.54. The first-order valence-electron chi connectivity index (χ1n) is 5.54. The van der Waals surface area contributed by atoms with E-state index in [1.807, 2.05) is 24.6 Å². The Labute approximate surface area is 105 Å². The molecule has 0 aliphatic heterocycles. The van der Waals surface area contributed by atoms with Crippen LogP contribution < -0.4 is 5.48 Å². The van der Waals surface area contributed by atoms with Gasteiger partial charge in [-0.2, -0.15) is 0 Å². The molecule has 0 saturated heterocycles. The second-order valence-electron chi connectivity index (χ2n) is 4.14. The first-order chi connectivity index (χ1) is 8.63. The molecular weight excluding hydrogens is 232 g/mol. The second-order valence-corrected chi connectivity index (χ2v) is 4.14. The quantitative estimate of drug-likeness (QED) is 0.368. The van der Waals surface area contributed by atoms with Crippen molar-refractivity contribution in [2.45, 2.75) is 13.3 Å². The van der Waals surface area contributed by atoms with E-state index >= 15 is 0 Å². The summed E-state index contributed by atoms with van der Waals surface area (Å²) in [6.07, 6.45) is 6.10. The molecule has 1 aliphatic rings. The molecule has 0 spiro atoms. The number of para-hydroxylation sites is 1. The number of hydrogen-bond acceptors (Lipinski definition) is 4. The summed E-state index contributed by atoms with van der Waals surface area (Å²) in [5.74, 6) is -0.121. The molecule has 0 radical (unpaired) electrons. The predicted molar refractivity (Wildman–Crippen MR) is 67.7 cm³/mol. The number of allylic oxidation sites excluding steroid dienone is 4. The zero-order chi connectivity index (χ0) is 13.1. The number of aromatic hydroxyl groups is 1. The van der Waals surface area contributed by atoms with E-state index in [-0.39, 0.29) is 17.1 Å². The third-order valence-electron chi connectivity index (χ3n) is 2.75. The van der Waals surface area contributed by atoms with Gasteiger partial charge in [0.15, 0.2) is 5.75 Å². The molecule has 0 aromatic heterocycles. The average Bonchev–Trinajstić information content (AvgIpc) is 2.37.